The van der Waals surface area contributed by atoms with E-state index in [0.29, 0.717) is 12.8 Å². The molecule has 7 N–H and O–H groups in total. The number of unbranched alkanes of at least 4 members (excludes halogenated alkanes) is 16. The van der Waals surface area contributed by atoms with Crippen LogP contribution in [0.15, 0.2) is 24.3 Å². The van der Waals surface area contributed by atoms with Gasteiger partial charge in [-0.3, -0.25) is 9.59 Å². The first-order chi connectivity index (χ1) is 23.1. The molecule has 0 spiro atoms. The smallest absolute Gasteiger partial charge is 0.303 e. The van der Waals surface area contributed by atoms with E-state index in [1.54, 1.807) is 0 Å². The van der Waals surface area contributed by atoms with Crippen molar-refractivity contribution >= 4 is 11.9 Å². The Morgan fingerprint density at radius 3 is 1.10 bits per heavy atom. The van der Waals surface area contributed by atoms with E-state index < -0.39 is 18.0 Å². The van der Waals surface area contributed by atoms with Crippen LogP contribution >= 0.6 is 0 Å². The predicted molar refractivity (Wildman–Crippen MR) is 197 cm³/mol. The Morgan fingerprint density at radius 1 is 0.458 bits per heavy atom. The molecule has 286 valence electrons. The van der Waals surface area contributed by atoms with E-state index in [1.165, 1.54) is 51.4 Å². The number of aliphatic hydroxyl groups excluding tert-OH is 5. The van der Waals surface area contributed by atoms with Crippen LogP contribution in [0.25, 0.3) is 0 Å². The van der Waals surface area contributed by atoms with Gasteiger partial charge in [0.05, 0.1) is 25.4 Å². The maximum Gasteiger partial charge on any atom is 0.303 e. The van der Waals surface area contributed by atoms with Crippen LogP contribution in [0.1, 0.15) is 181 Å². The molecule has 0 aromatic carbocycles. The molecule has 0 bridgehead atoms. The third-order valence-electron chi connectivity index (χ3n) is 7.88. The summed E-state index contributed by atoms with van der Waals surface area (Å²) in [7, 11) is 0. The number of carboxylic acid groups (broad SMARTS) is 2. The molecular weight excluding hydrogens is 612 g/mol. The zero-order valence-corrected chi connectivity index (χ0v) is 30.8. The lowest BCUT2D eigenvalue weighted by Gasteiger charge is -2.07. The van der Waals surface area contributed by atoms with Gasteiger partial charge in [0.1, 0.15) is 6.10 Å². The first-order valence-corrected chi connectivity index (χ1v) is 19.1. The third-order valence-corrected chi connectivity index (χ3v) is 7.88. The lowest BCUT2D eigenvalue weighted by atomic mass is 10.1. The highest BCUT2D eigenvalue weighted by molar-refractivity contribution is 5.66. The van der Waals surface area contributed by atoms with Gasteiger partial charge in [-0.25, -0.2) is 0 Å². The molecule has 0 radical (unpaired) electrons. The summed E-state index contributed by atoms with van der Waals surface area (Å²) in [6, 6.07) is 0. The van der Waals surface area contributed by atoms with Crippen molar-refractivity contribution in [2.24, 2.45) is 0 Å². The standard InChI is InChI=1S/2C18H34O3.C3H8O3/c2*1-2-3-4-11-14-17(19)15-12-9-7-5-6-8-10-13-16-18(20)21;4-1-3(6)2-5/h2*9,12,17,19H,2-8,10-11,13-16H2,1H3,(H,20,21);3-6H,1-2H2/b2*12-9-;/t2*17-;/m11./s1. The molecule has 0 aromatic heterocycles. The molecule has 0 amide bonds. The average molecular weight is 689 g/mol. The molecule has 9 nitrogen and oxygen atoms in total. The second kappa shape index (κ2) is 43.2. The van der Waals surface area contributed by atoms with E-state index in [-0.39, 0.29) is 25.4 Å². The lowest BCUT2D eigenvalue weighted by molar-refractivity contribution is -0.138. The van der Waals surface area contributed by atoms with E-state index in [4.69, 9.17) is 25.5 Å². The fourth-order valence-electron chi connectivity index (χ4n) is 4.79. The Labute approximate surface area is 293 Å². The summed E-state index contributed by atoms with van der Waals surface area (Å²) in [6.45, 7) is 3.67. The van der Waals surface area contributed by atoms with Gasteiger partial charge in [0.2, 0.25) is 0 Å². The summed E-state index contributed by atoms with van der Waals surface area (Å²) in [6.07, 6.45) is 33.8. The SMILES string of the molecule is CCCCCC[C@@H](O)C/C=C\CCCCCCCC(=O)O.CCCCCC[C@@H](O)C/C=C\CCCCCCCC(=O)O.OCC(O)CO. The van der Waals surface area contributed by atoms with Gasteiger partial charge in [-0.05, 0) is 64.2 Å². The molecule has 0 rings (SSSR count). The summed E-state index contributed by atoms with van der Waals surface area (Å²) in [5.41, 5.74) is 0. The number of allylic oxidation sites excluding steroid dienone is 2. The Bertz CT molecular complexity index is 654. The number of carbonyl (C=O) groups is 2. The van der Waals surface area contributed by atoms with Crippen LogP contribution in [0, 0.1) is 0 Å². The monoisotopic (exact) mass is 689 g/mol. The van der Waals surface area contributed by atoms with Gasteiger partial charge >= 0.3 is 11.9 Å². The predicted octanol–water partition coefficient (Wildman–Crippen LogP) is 8.49. The van der Waals surface area contributed by atoms with Gasteiger partial charge in [-0.1, -0.05) is 128 Å². The zero-order valence-electron chi connectivity index (χ0n) is 30.8. The summed E-state index contributed by atoms with van der Waals surface area (Å²) < 4.78 is 0. The minimum atomic E-state index is -0.954. The van der Waals surface area contributed by atoms with Gasteiger partial charge < -0.3 is 35.7 Å². The summed E-state index contributed by atoms with van der Waals surface area (Å²) in [5, 5.41) is 60.6. The first kappa shape index (κ1) is 50.6. The van der Waals surface area contributed by atoms with Gasteiger partial charge in [-0.15, -0.1) is 0 Å². The molecule has 0 unspecified atom stereocenters. The average Bonchev–Trinajstić information content (AvgIpc) is 3.06. The Morgan fingerprint density at radius 2 is 0.792 bits per heavy atom. The fraction of sp³-hybridized carbons (Fsp3) is 0.846. The number of hydrogen-bond acceptors (Lipinski definition) is 7. The molecule has 0 aliphatic heterocycles. The summed E-state index contributed by atoms with van der Waals surface area (Å²) in [5.74, 6) is -1.38. The van der Waals surface area contributed by atoms with E-state index in [1.807, 2.05) is 0 Å². The molecule has 48 heavy (non-hydrogen) atoms. The number of aliphatic carboxylic acids is 2. The van der Waals surface area contributed by atoms with E-state index in [0.717, 1.165) is 103 Å². The van der Waals surface area contributed by atoms with E-state index in [9.17, 15) is 19.8 Å². The Hall–Kier alpha value is -1.78. The molecule has 0 saturated carbocycles. The summed E-state index contributed by atoms with van der Waals surface area (Å²) in [4.78, 5) is 20.7. The molecule has 0 aliphatic carbocycles. The van der Waals surface area contributed by atoms with Gasteiger partial charge in [-0.2, -0.15) is 0 Å². The zero-order chi connectivity index (χ0) is 36.5. The topological polar surface area (TPSA) is 176 Å². The first-order valence-electron chi connectivity index (χ1n) is 19.1. The van der Waals surface area contributed by atoms with Crippen molar-refractivity contribution in [3.63, 3.8) is 0 Å². The molecule has 2 atom stereocenters. The Balaban J connectivity index is -0.000000720. The van der Waals surface area contributed by atoms with Crippen molar-refractivity contribution in [1.29, 1.82) is 0 Å². The summed E-state index contributed by atoms with van der Waals surface area (Å²) >= 11 is 0. The van der Waals surface area contributed by atoms with Crippen molar-refractivity contribution < 1.29 is 45.3 Å². The second-order valence-electron chi connectivity index (χ2n) is 12.8. The van der Waals surface area contributed by atoms with E-state index >= 15 is 0 Å². The number of hydrogen-bond donors (Lipinski definition) is 7. The van der Waals surface area contributed by atoms with Gasteiger partial charge in [0.15, 0.2) is 0 Å². The lowest BCUT2D eigenvalue weighted by Crippen LogP contribution is -2.15. The quantitative estimate of drug-likeness (QED) is 0.0270. The Kier molecular flexibility index (Phi) is 45.6. The highest BCUT2D eigenvalue weighted by Crippen LogP contribution is 2.12. The second-order valence-corrected chi connectivity index (χ2v) is 12.8. The largest absolute Gasteiger partial charge is 0.481 e. The third kappa shape index (κ3) is 51.1. The number of carboxylic acids is 2. The molecule has 0 saturated heterocycles. The van der Waals surface area contributed by atoms with Crippen LogP contribution in [-0.2, 0) is 9.59 Å². The van der Waals surface area contributed by atoms with Crippen molar-refractivity contribution in [2.45, 2.75) is 199 Å². The molecular formula is C39H76O9. The molecule has 0 fully saturated rings. The van der Waals surface area contributed by atoms with Crippen LogP contribution in [-0.4, -0.2) is 79.2 Å². The van der Waals surface area contributed by atoms with E-state index in [2.05, 4.69) is 38.2 Å². The number of aliphatic hydroxyl groups is 5. The highest BCUT2D eigenvalue weighted by atomic mass is 16.4. The maximum atomic E-state index is 10.3. The van der Waals surface area contributed by atoms with Gasteiger partial charge in [0, 0.05) is 12.8 Å². The van der Waals surface area contributed by atoms with Crippen LogP contribution in [0.5, 0.6) is 0 Å². The number of rotatable bonds is 32. The van der Waals surface area contributed by atoms with Crippen molar-refractivity contribution in [1.82, 2.24) is 0 Å². The van der Waals surface area contributed by atoms with Gasteiger partial charge in [0.25, 0.3) is 0 Å². The minimum absolute atomic E-state index is 0.172. The minimum Gasteiger partial charge on any atom is -0.481 e. The van der Waals surface area contributed by atoms with Crippen molar-refractivity contribution in [3.8, 4) is 0 Å². The fourth-order valence-corrected chi connectivity index (χ4v) is 4.79. The molecule has 0 aromatic rings. The van der Waals surface area contributed by atoms with Crippen molar-refractivity contribution in [3.05, 3.63) is 24.3 Å². The molecule has 0 heterocycles. The highest BCUT2D eigenvalue weighted by Gasteiger charge is 2.02. The normalized spacial score (nSPS) is 12.5. The van der Waals surface area contributed by atoms with Crippen LogP contribution in [0.4, 0.5) is 0 Å². The van der Waals surface area contributed by atoms with Crippen LogP contribution in [0.2, 0.25) is 0 Å². The molecule has 9 heteroatoms. The van der Waals surface area contributed by atoms with Crippen molar-refractivity contribution in [2.75, 3.05) is 13.2 Å². The molecule has 0 aliphatic rings. The maximum absolute atomic E-state index is 10.3. The van der Waals surface area contributed by atoms with Crippen LogP contribution < -0.4 is 0 Å². The van der Waals surface area contributed by atoms with Crippen LogP contribution in [0.3, 0.4) is 0 Å².